The second kappa shape index (κ2) is 5.90. The van der Waals surface area contributed by atoms with Gasteiger partial charge in [0, 0.05) is 24.7 Å². The predicted molar refractivity (Wildman–Crippen MR) is 82.9 cm³/mol. The van der Waals surface area contributed by atoms with Crippen LogP contribution >= 0.6 is 0 Å². The zero-order valence-corrected chi connectivity index (χ0v) is 12.4. The highest BCUT2D eigenvalue weighted by molar-refractivity contribution is 5.99. The lowest BCUT2D eigenvalue weighted by atomic mass is 9.91. The SMILES string of the molecule is CC(N)C1CCCN(C(=O)C2=Cc3ccccc3OC2)C1. The third-order valence-electron chi connectivity index (χ3n) is 4.40. The number of fused-ring (bicyclic) bond motifs is 1. The molecule has 0 aromatic heterocycles. The number of rotatable bonds is 2. The fourth-order valence-corrected chi connectivity index (χ4v) is 3.07. The van der Waals surface area contributed by atoms with Crippen LogP contribution in [0.25, 0.3) is 6.08 Å². The van der Waals surface area contributed by atoms with E-state index in [4.69, 9.17) is 10.5 Å². The summed E-state index contributed by atoms with van der Waals surface area (Å²) in [7, 11) is 0. The maximum Gasteiger partial charge on any atom is 0.253 e. The molecule has 2 N–H and O–H groups in total. The number of likely N-dealkylation sites (tertiary alicyclic amines) is 1. The summed E-state index contributed by atoms with van der Waals surface area (Å²) >= 11 is 0. The molecule has 1 fully saturated rings. The highest BCUT2D eigenvalue weighted by atomic mass is 16.5. The summed E-state index contributed by atoms with van der Waals surface area (Å²) in [6.07, 6.45) is 4.10. The molecule has 4 nitrogen and oxygen atoms in total. The van der Waals surface area contributed by atoms with Gasteiger partial charge in [-0.25, -0.2) is 0 Å². The zero-order chi connectivity index (χ0) is 14.8. The third-order valence-corrected chi connectivity index (χ3v) is 4.40. The van der Waals surface area contributed by atoms with Crippen LogP contribution in [0.15, 0.2) is 29.8 Å². The molecular formula is C17H22N2O2. The van der Waals surface area contributed by atoms with Crippen LogP contribution in [0.4, 0.5) is 0 Å². The van der Waals surface area contributed by atoms with Crippen LogP contribution in [-0.2, 0) is 4.79 Å². The number of piperidine rings is 1. The van der Waals surface area contributed by atoms with Gasteiger partial charge in [-0.05, 0) is 37.8 Å². The number of nitrogens with two attached hydrogens (primary N) is 1. The summed E-state index contributed by atoms with van der Waals surface area (Å²) in [5.41, 5.74) is 7.71. The smallest absolute Gasteiger partial charge is 0.253 e. The molecule has 1 saturated heterocycles. The van der Waals surface area contributed by atoms with Crippen molar-refractivity contribution in [3.63, 3.8) is 0 Å². The van der Waals surface area contributed by atoms with Crippen molar-refractivity contribution >= 4 is 12.0 Å². The largest absolute Gasteiger partial charge is 0.488 e. The van der Waals surface area contributed by atoms with E-state index in [-0.39, 0.29) is 11.9 Å². The predicted octanol–water partition coefficient (Wildman–Crippen LogP) is 2.05. The van der Waals surface area contributed by atoms with Crippen molar-refractivity contribution in [2.45, 2.75) is 25.8 Å². The van der Waals surface area contributed by atoms with E-state index in [0.29, 0.717) is 12.5 Å². The van der Waals surface area contributed by atoms with Crippen LogP contribution in [0, 0.1) is 5.92 Å². The Morgan fingerprint density at radius 3 is 3.05 bits per heavy atom. The molecule has 112 valence electrons. The summed E-state index contributed by atoms with van der Waals surface area (Å²) in [6.45, 7) is 3.96. The molecule has 1 amide bonds. The second-order valence-electron chi connectivity index (χ2n) is 6.01. The minimum Gasteiger partial charge on any atom is -0.488 e. The van der Waals surface area contributed by atoms with Crippen LogP contribution in [0.2, 0.25) is 0 Å². The van der Waals surface area contributed by atoms with Gasteiger partial charge in [0.15, 0.2) is 0 Å². The Labute approximate surface area is 125 Å². The first-order valence-corrected chi connectivity index (χ1v) is 7.62. The number of benzene rings is 1. The van der Waals surface area contributed by atoms with E-state index in [1.807, 2.05) is 42.2 Å². The first kappa shape index (κ1) is 14.1. The number of carbonyl (C=O) groups excluding carboxylic acids is 1. The topological polar surface area (TPSA) is 55.6 Å². The molecule has 4 heteroatoms. The number of hydrogen-bond donors (Lipinski definition) is 1. The molecule has 0 radical (unpaired) electrons. The fraction of sp³-hybridized carbons (Fsp3) is 0.471. The average Bonchev–Trinajstić information content (AvgIpc) is 2.53. The maximum absolute atomic E-state index is 12.7. The Hall–Kier alpha value is -1.81. The molecule has 2 heterocycles. The highest BCUT2D eigenvalue weighted by Crippen LogP contribution is 2.27. The molecule has 1 aromatic carbocycles. The highest BCUT2D eigenvalue weighted by Gasteiger charge is 2.28. The van der Waals surface area contributed by atoms with Gasteiger partial charge < -0.3 is 15.4 Å². The normalized spacial score (nSPS) is 22.9. The van der Waals surface area contributed by atoms with Crippen molar-refractivity contribution in [2.75, 3.05) is 19.7 Å². The first-order valence-electron chi connectivity index (χ1n) is 7.62. The van der Waals surface area contributed by atoms with E-state index in [0.717, 1.165) is 42.8 Å². The first-order chi connectivity index (χ1) is 10.1. The van der Waals surface area contributed by atoms with Crippen LogP contribution in [0.5, 0.6) is 5.75 Å². The van der Waals surface area contributed by atoms with Gasteiger partial charge >= 0.3 is 0 Å². The molecule has 2 aliphatic rings. The Kier molecular flexibility index (Phi) is 3.97. The molecule has 0 aliphatic carbocycles. The lowest BCUT2D eigenvalue weighted by Gasteiger charge is -2.35. The number of ether oxygens (including phenoxy) is 1. The summed E-state index contributed by atoms with van der Waals surface area (Å²) in [5.74, 6) is 1.34. The number of hydrogen-bond acceptors (Lipinski definition) is 3. The Morgan fingerprint density at radius 1 is 1.43 bits per heavy atom. The van der Waals surface area contributed by atoms with Gasteiger partial charge in [-0.2, -0.15) is 0 Å². The van der Waals surface area contributed by atoms with E-state index < -0.39 is 0 Å². The van der Waals surface area contributed by atoms with Gasteiger partial charge in [0.2, 0.25) is 0 Å². The van der Waals surface area contributed by atoms with Gasteiger partial charge in [-0.15, -0.1) is 0 Å². The van der Waals surface area contributed by atoms with Crippen LogP contribution < -0.4 is 10.5 Å². The van der Waals surface area contributed by atoms with Gasteiger partial charge in [-0.1, -0.05) is 18.2 Å². The van der Waals surface area contributed by atoms with E-state index >= 15 is 0 Å². The molecule has 2 aliphatic heterocycles. The molecule has 0 bridgehead atoms. The molecule has 21 heavy (non-hydrogen) atoms. The maximum atomic E-state index is 12.7. The van der Waals surface area contributed by atoms with E-state index in [9.17, 15) is 4.79 Å². The lowest BCUT2D eigenvalue weighted by molar-refractivity contribution is -0.129. The monoisotopic (exact) mass is 286 g/mol. The number of amides is 1. The number of carbonyl (C=O) groups is 1. The Bertz CT molecular complexity index is 566. The van der Waals surface area contributed by atoms with Gasteiger partial charge in [-0.3, -0.25) is 4.79 Å². The minimum atomic E-state index is 0.0925. The standard InChI is InChI=1S/C17H22N2O2/c1-12(18)14-6-4-8-19(10-14)17(20)15-9-13-5-2-3-7-16(13)21-11-15/h2-3,5,7,9,12,14H,4,6,8,10-11,18H2,1H3. The summed E-state index contributed by atoms with van der Waals surface area (Å²) in [5, 5.41) is 0. The van der Waals surface area contributed by atoms with E-state index in [2.05, 4.69) is 0 Å². The fourth-order valence-electron chi connectivity index (χ4n) is 3.07. The van der Waals surface area contributed by atoms with Gasteiger partial charge in [0.05, 0.1) is 5.57 Å². The quantitative estimate of drug-likeness (QED) is 0.905. The van der Waals surface area contributed by atoms with Crippen molar-refractivity contribution in [3.8, 4) is 5.75 Å². The number of nitrogens with zero attached hydrogens (tertiary/aromatic N) is 1. The van der Waals surface area contributed by atoms with Gasteiger partial charge in [0.25, 0.3) is 5.91 Å². The van der Waals surface area contributed by atoms with Gasteiger partial charge in [0.1, 0.15) is 12.4 Å². The van der Waals surface area contributed by atoms with Crippen molar-refractivity contribution in [2.24, 2.45) is 11.7 Å². The van der Waals surface area contributed by atoms with Crippen LogP contribution in [0.1, 0.15) is 25.3 Å². The third kappa shape index (κ3) is 2.95. The van der Waals surface area contributed by atoms with Crippen LogP contribution in [-0.4, -0.2) is 36.5 Å². The van der Waals surface area contributed by atoms with Crippen molar-refractivity contribution in [3.05, 3.63) is 35.4 Å². The minimum absolute atomic E-state index is 0.0925. The zero-order valence-electron chi connectivity index (χ0n) is 12.4. The van der Waals surface area contributed by atoms with Crippen LogP contribution in [0.3, 0.4) is 0 Å². The molecule has 1 aromatic rings. The van der Waals surface area contributed by atoms with E-state index in [1.165, 1.54) is 0 Å². The molecule has 2 atom stereocenters. The second-order valence-corrected chi connectivity index (χ2v) is 6.01. The molecular weight excluding hydrogens is 264 g/mol. The molecule has 2 unspecified atom stereocenters. The summed E-state index contributed by atoms with van der Waals surface area (Å²) in [6, 6.07) is 7.94. The Balaban J connectivity index is 1.75. The summed E-state index contributed by atoms with van der Waals surface area (Å²) < 4.78 is 5.68. The molecule has 0 saturated carbocycles. The van der Waals surface area contributed by atoms with Crippen molar-refractivity contribution in [1.29, 1.82) is 0 Å². The number of para-hydroxylation sites is 1. The summed E-state index contributed by atoms with van der Waals surface area (Å²) in [4.78, 5) is 14.6. The lowest BCUT2D eigenvalue weighted by Crippen LogP contribution is -2.46. The Morgan fingerprint density at radius 2 is 2.24 bits per heavy atom. The van der Waals surface area contributed by atoms with E-state index in [1.54, 1.807) is 0 Å². The molecule has 0 spiro atoms. The van der Waals surface area contributed by atoms with Crippen molar-refractivity contribution in [1.82, 2.24) is 4.90 Å². The van der Waals surface area contributed by atoms with Crippen molar-refractivity contribution < 1.29 is 9.53 Å². The average molecular weight is 286 g/mol. The molecule has 3 rings (SSSR count).